The van der Waals surface area contributed by atoms with Crippen molar-refractivity contribution in [1.82, 2.24) is 5.32 Å². The first-order valence-corrected chi connectivity index (χ1v) is 5.99. The topological polar surface area (TPSA) is 30.5 Å². The van der Waals surface area contributed by atoms with E-state index >= 15 is 0 Å². The van der Waals surface area contributed by atoms with Gasteiger partial charge in [0.2, 0.25) is 0 Å². The summed E-state index contributed by atoms with van der Waals surface area (Å²) < 4.78 is 44.9. The van der Waals surface area contributed by atoms with E-state index in [0.29, 0.717) is 16.8 Å². The maximum Gasteiger partial charge on any atom is 0.522 e. The Hall–Kier alpha value is -0.790. The average molecular weight is 328 g/mol. The fourth-order valence-electron chi connectivity index (χ4n) is 1.35. The fraction of sp³-hybridized carbons (Fsp3) is 0.455. The first kappa shape index (κ1) is 15.3. The minimum Gasteiger partial charge on any atom is -0.490 e. The van der Waals surface area contributed by atoms with Gasteiger partial charge >= 0.3 is 6.36 Å². The number of hydrogen-bond donors (Lipinski definition) is 1. The molecule has 0 aliphatic heterocycles. The Bertz CT molecular complexity index is 385. The Kier molecular flexibility index (Phi) is 5.90. The number of para-hydroxylation sites is 1. The van der Waals surface area contributed by atoms with Crippen LogP contribution in [-0.4, -0.2) is 26.6 Å². The third kappa shape index (κ3) is 5.24. The molecule has 102 valence electrons. The minimum absolute atomic E-state index is 0.168. The van der Waals surface area contributed by atoms with E-state index < -0.39 is 13.0 Å². The summed E-state index contributed by atoms with van der Waals surface area (Å²) in [7, 11) is 1.78. The zero-order chi connectivity index (χ0) is 13.6. The van der Waals surface area contributed by atoms with Gasteiger partial charge in [0.1, 0.15) is 12.4 Å². The first-order chi connectivity index (χ1) is 8.44. The maximum atomic E-state index is 11.8. The molecule has 0 unspecified atom stereocenters. The highest BCUT2D eigenvalue weighted by Gasteiger charge is 2.28. The Morgan fingerprint density at radius 3 is 2.61 bits per heavy atom. The lowest BCUT2D eigenvalue weighted by Crippen LogP contribution is -2.18. The standard InChI is InChI=1S/C11H13BrF3NO2/c1-16-7-8-3-2-4-9(12)10(8)17-5-6-18-11(13,14)15/h2-4,16H,5-7H2,1H3. The van der Waals surface area contributed by atoms with E-state index in [9.17, 15) is 13.2 Å². The van der Waals surface area contributed by atoms with E-state index in [-0.39, 0.29) is 6.61 Å². The van der Waals surface area contributed by atoms with Crippen LogP contribution in [0.25, 0.3) is 0 Å². The molecule has 0 heterocycles. The molecule has 1 aromatic carbocycles. The van der Waals surface area contributed by atoms with Gasteiger partial charge in [-0.3, -0.25) is 4.74 Å². The van der Waals surface area contributed by atoms with Crippen molar-refractivity contribution in [3.63, 3.8) is 0 Å². The highest BCUT2D eigenvalue weighted by molar-refractivity contribution is 9.10. The van der Waals surface area contributed by atoms with Gasteiger partial charge in [-0.15, -0.1) is 13.2 Å². The van der Waals surface area contributed by atoms with Gasteiger partial charge in [0, 0.05) is 12.1 Å². The Morgan fingerprint density at radius 2 is 2.00 bits per heavy atom. The molecule has 0 bridgehead atoms. The molecule has 0 saturated carbocycles. The summed E-state index contributed by atoms with van der Waals surface area (Å²) in [5.41, 5.74) is 0.860. The molecule has 0 amide bonds. The number of benzene rings is 1. The molecule has 0 saturated heterocycles. The van der Waals surface area contributed by atoms with Gasteiger partial charge in [-0.2, -0.15) is 0 Å². The molecule has 0 aromatic heterocycles. The summed E-state index contributed by atoms with van der Waals surface area (Å²) in [5.74, 6) is 0.526. The molecule has 0 aliphatic carbocycles. The van der Waals surface area contributed by atoms with Crippen LogP contribution < -0.4 is 10.1 Å². The van der Waals surface area contributed by atoms with Crippen LogP contribution in [0.1, 0.15) is 5.56 Å². The van der Waals surface area contributed by atoms with Crippen molar-refractivity contribution in [3.8, 4) is 5.75 Å². The van der Waals surface area contributed by atoms with E-state index in [4.69, 9.17) is 4.74 Å². The van der Waals surface area contributed by atoms with Gasteiger partial charge in [0.25, 0.3) is 0 Å². The smallest absolute Gasteiger partial charge is 0.490 e. The number of ether oxygens (including phenoxy) is 2. The molecule has 0 radical (unpaired) electrons. The zero-order valence-corrected chi connectivity index (χ0v) is 11.3. The van der Waals surface area contributed by atoms with Crippen molar-refractivity contribution in [1.29, 1.82) is 0 Å². The molecular weight excluding hydrogens is 315 g/mol. The number of rotatable bonds is 6. The first-order valence-electron chi connectivity index (χ1n) is 5.19. The molecule has 1 aromatic rings. The Balaban J connectivity index is 2.55. The minimum atomic E-state index is -4.62. The highest BCUT2D eigenvalue weighted by atomic mass is 79.9. The van der Waals surface area contributed by atoms with Crippen molar-refractivity contribution in [2.45, 2.75) is 12.9 Å². The number of alkyl halides is 3. The summed E-state index contributed by atoms with van der Waals surface area (Å²) in [6, 6.07) is 5.43. The summed E-state index contributed by atoms with van der Waals surface area (Å²) in [4.78, 5) is 0. The molecule has 0 atom stereocenters. The van der Waals surface area contributed by atoms with E-state index in [1.165, 1.54) is 0 Å². The molecule has 3 nitrogen and oxygen atoms in total. The summed E-state index contributed by atoms with van der Waals surface area (Å²) in [6.07, 6.45) is -4.62. The molecule has 0 spiro atoms. The van der Waals surface area contributed by atoms with Crippen LogP contribution in [0.4, 0.5) is 13.2 Å². The van der Waals surface area contributed by atoms with Gasteiger partial charge in [0.15, 0.2) is 0 Å². The average Bonchev–Trinajstić information content (AvgIpc) is 2.26. The van der Waals surface area contributed by atoms with Crippen molar-refractivity contribution in [2.24, 2.45) is 0 Å². The Labute approximate surface area is 111 Å². The number of halogens is 4. The second-order valence-corrected chi connectivity index (χ2v) is 4.26. The highest BCUT2D eigenvalue weighted by Crippen LogP contribution is 2.29. The van der Waals surface area contributed by atoms with Crippen molar-refractivity contribution in [2.75, 3.05) is 20.3 Å². The molecule has 0 aliphatic rings. The van der Waals surface area contributed by atoms with Crippen LogP contribution in [0.15, 0.2) is 22.7 Å². The largest absolute Gasteiger partial charge is 0.522 e. The quantitative estimate of drug-likeness (QED) is 0.814. The summed E-state index contributed by atoms with van der Waals surface area (Å²) in [5, 5.41) is 2.95. The molecule has 1 N–H and O–H groups in total. The van der Waals surface area contributed by atoms with E-state index in [1.54, 1.807) is 13.1 Å². The lowest BCUT2D eigenvalue weighted by Gasteiger charge is -2.13. The zero-order valence-electron chi connectivity index (χ0n) is 9.68. The van der Waals surface area contributed by atoms with Gasteiger partial charge in [-0.1, -0.05) is 12.1 Å². The maximum absolute atomic E-state index is 11.8. The predicted octanol–water partition coefficient (Wildman–Crippen LogP) is 3.08. The molecule has 1 rings (SSSR count). The van der Waals surface area contributed by atoms with Gasteiger partial charge in [0.05, 0.1) is 11.1 Å². The molecular formula is C11H13BrF3NO2. The van der Waals surface area contributed by atoms with E-state index in [0.717, 1.165) is 5.56 Å². The number of hydrogen-bond acceptors (Lipinski definition) is 3. The third-order valence-electron chi connectivity index (χ3n) is 2.01. The second-order valence-electron chi connectivity index (χ2n) is 3.40. The SMILES string of the molecule is CNCc1cccc(Br)c1OCCOC(F)(F)F. The molecule has 7 heteroatoms. The molecule has 18 heavy (non-hydrogen) atoms. The van der Waals surface area contributed by atoms with Crippen molar-refractivity contribution < 1.29 is 22.6 Å². The summed E-state index contributed by atoms with van der Waals surface area (Å²) >= 11 is 3.29. The number of nitrogens with one attached hydrogen (secondary N) is 1. The van der Waals surface area contributed by atoms with Crippen LogP contribution in [0.5, 0.6) is 5.75 Å². The lowest BCUT2D eigenvalue weighted by atomic mass is 10.2. The van der Waals surface area contributed by atoms with Crippen LogP contribution in [0, 0.1) is 0 Å². The summed E-state index contributed by atoms with van der Waals surface area (Å²) in [6.45, 7) is -0.141. The molecule has 0 fully saturated rings. The van der Waals surface area contributed by atoms with Gasteiger partial charge in [-0.05, 0) is 29.0 Å². The van der Waals surface area contributed by atoms with Crippen LogP contribution in [0.3, 0.4) is 0 Å². The van der Waals surface area contributed by atoms with Crippen molar-refractivity contribution in [3.05, 3.63) is 28.2 Å². The normalized spacial score (nSPS) is 11.6. The second kappa shape index (κ2) is 6.96. The van der Waals surface area contributed by atoms with Crippen LogP contribution >= 0.6 is 15.9 Å². The van der Waals surface area contributed by atoms with Crippen LogP contribution in [-0.2, 0) is 11.3 Å². The Morgan fingerprint density at radius 1 is 1.28 bits per heavy atom. The van der Waals surface area contributed by atoms with Crippen LogP contribution in [0.2, 0.25) is 0 Å². The predicted molar refractivity (Wildman–Crippen MR) is 64.4 cm³/mol. The van der Waals surface area contributed by atoms with Gasteiger partial charge < -0.3 is 10.1 Å². The van der Waals surface area contributed by atoms with E-state index in [1.807, 2.05) is 12.1 Å². The lowest BCUT2D eigenvalue weighted by molar-refractivity contribution is -0.325. The third-order valence-corrected chi connectivity index (χ3v) is 2.64. The fourth-order valence-corrected chi connectivity index (χ4v) is 1.87. The van der Waals surface area contributed by atoms with Crippen molar-refractivity contribution >= 4 is 15.9 Å². The monoisotopic (exact) mass is 327 g/mol. The van der Waals surface area contributed by atoms with Gasteiger partial charge in [-0.25, -0.2) is 0 Å². The van der Waals surface area contributed by atoms with E-state index in [2.05, 4.69) is 26.0 Å².